The first kappa shape index (κ1) is 10.4. The van der Waals surface area contributed by atoms with Crippen molar-refractivity contribution in [2.24, 2.45) is 5.92 Å². The fourth-order valence-electron chi connectivity index (χ4n) is 0.830. The molecule has 0 aliphatic heterocycles. The Hall–Kier alpha value is -0.570. The molecular formula is C8H17NO2. The summed E-state index contributed by atoms with van der Waals surface area (Å²) in [4.78, 5) is 13.0. The van der Waals surface area contributed by atoms with Crippen molar-refractivity contribution in [1.82, 2.24) is 4.90 Å². The van der Waals surface area contributed by atoms with Crippen LogP contribution in [0.25, 0.3) is 0 Å². The van der Waals surface area contributed by atoms with Crippen molar-refractivity contribution in [3.8, 4) is 0 Å². The van der Waals surface area contributed by atoms with Gasteiger partial charge in [0.25, 0.3) is 0 Å². The molecule has 11 heavy (non-hydrogen) atoms. The first-order valence-corrected chi connectivity index (χ1v) is 3.75. The minimum absolute atomic E-state index is 0.0602. The Morgan fingerprint density at radius 3 is 2.09 bits per heavy atom. The van der Waals surface area contributed by atoms with E-state index in [0.29, 0.717) is 0 Å². The van der Waals surface area contributed by atoms with E-state index >= 15 is 0 Å². The van der Waals surface area contributed by atoms with Crippen LogP contribution >= 0.6 is 0 Å². The lowest BCUT2D eigenvalue weighted by atomic mass is 10.0. The third-order valence-corrected chi connectivity index (χ3v) is 2.11. The molecule has 0 bridgehead atoms. The minimum Gasteiger partial charge on any atom is -0.469 e. The highest BCUT2D eigenvalue weighted by molar-refractivity contribution is 5.72. The van der Waals surface area contributed by atoms with Crippen LogP contribution in [0.5, 0.6) is 0 Å². The van der Waals surface area contributed by atoms with Crippen LogP contribution in [0.4, 0.5) is 0 Å². The summed E-state index contributed by atoms with van der Waals surface area (Å²) in [5.74, 6) is -0.207. The van der Waals surface area contributed by atoms with Gasteiger partial charge in [-0.1, -0.05) is 6.92 Å². The Morgan fingerprint density at radius 2 is 1.82 bits per heavy atom. The van der Waals surface area contributed by atoms with Crippen LogP contribution in [-0.4, -0.2) is 38.1 Å². The molecule has 0 aliphatic carbocycles. The molecule has 0 aromatic carbocycles. The maximum atomic E-state index is 11.0. The highest BCUT2D eigenvalue weighted by Gasteiger charge is 2.21. The van der Waals surface area contributed by atoms with Gasteiger partial charge in [0.2, 0.25) is 0 Å². The van der Waals surface area contributed by atoms with Gasteiger partial charge >= 0.3 is 5.97 Å². The van der Waals surface area contributed by atoms with E-state index in [9.17, 15) is 4.79 Å². The van der Waals surface area contributed by atoms with Gasteiger partial charge in [-0.3, -0.25) is 4.79 Å². The van der Waals surface area contributed by atoms with E-state index in [2.05, 4.69) is 4.74 Å². The highest BCUT2D eigenvalue weighted by atomic mass is 16.5. The van der Waals surface area contributed by atoms with E-state index in [4.69, 9.17) is 0 Å². The van der Waals surface area contributed by atoms with Gasteiger partial charge in [-0.15, -0.1) is 0 Å². The van der Waals surface area contributed by atoms with Crippen LogP contribution in [0.1, 0.15) is 13.8 Å². The van der Waals surface area contributed by atoms with Gasteiger partial charge in [-0.2, -0.15) is 0 Å². The number of hydrogen-bond acceptors (Lipinski definition) is 3. The molecule has 0 fully saturated rings. The van der Waals surface area contributed by atoms with Gasteiger partial charge in [0.1, 0.15) is 0 Å². The number of esters is 1. The number of carbonyl (C=O) groups excluding carboxylic acids is 1. The Morgan fingerprint density at radius 1 is 1.36 bits per heavy atom. The van der Waals surface area contributed by atoms with Crippen LogP contribution < -0.4 is 0 Å². The second kappa shape index (κ2) is 4.34. The smallest absolute Gasteiger partial charge is 0.309 e. The number of hydrogen-bond donors (Lipinski definition) is 0. The SMILES string of the molecule is COC(=O)C(C)C(C)N(C)C. The zero-order chi connectivity index (χ0) is 9.02. The largest absolute Gasteiger partial charge is 0.469 e. The Labute approximate surface area is 68.3 Å². The summed E-state index contributed by atoms with van der Waals surface area (Å²) in [6.45, 7) is 3.87. The molecule has 0 aromatic rings. The van der Waals surface area contributed by atoms with E-state index in [1.54, 1.807) is 0 Å². The van der Waals surface area contributed by atoms with Crippen molar-refractivity contribution < 1.29 is 9.53 Å². The van der Waals surface area contributed by atoms with Crippen LogP contribution in [0.15, 0.2) is 0 Å². The maximum absolute atomic E-state index is 11.0. The zero-order valence-corrected chi connectivity index (χ0v) is 7.92. The fourth-order valence-corrected chi connectivity index (χ4v) is 0.830. The molecule has 3 nitrogen and oxygen atoms in total. The van der Waals surface area contributed by atoms with Crippen LogP contribution in [0, 0.1) is 5.92 Å². The zero-order valence-electron chi connectivity index (χ0n) is 7.92. The highest BCUT2D eigenvalue weighted by Crippen LogP contribution is 2.08. The van der Waals surface area contributed by atoms with Gasteiger partial charge < -0.3 is 9.64 Å². The van der Waals surface area contributed by atoms with E-state index in [-0.39, 0.29) is 17.9 Å². The molecule has 0 rings (SSSR count). The van der Waals surface area contributed by atoms with Crippen molar-refractivity contribution in [1.29, 1.82) is 0 Å². The number of methoxy groups -OCH3 is 1. The van der Waals surface area contributed by atoms with Crippen LogP contribution in [0.2, 0.25) is 0 Å². The lowest BCUT2D eigenvalue weighted by Crippen LogP contribution is -2.35. The summed E-state index contributed by atoms with van der Waals surface area (Å²) < 4.78 is 4.62. The normalized spacial score (nSPS) is 16.2. The summed E-state index contributed by atoms with van der Waals surface area (Å²) in [6.07, 6.45) is 0. The first-order valence-electron chi connectivity index (χ1n) is 3.75. The lowest BCUT2D eigenvalue weighted by molar-refractivity contribution is -0.146. The van der Waals surface area contributed by atoms with Gasteiger partial charge in [0, 0.05) is 6.04 Å². The molecule has 66 valence electrons. The molecule has 0 spiro atoms. The fraction of sp³-hybridized carbons (Fsp3) is 0.875. The molecule has 2 unspecified atom stereocenters. The Balaban J connectivity index is 4.01. The quantitative estimate of drug-likeness (QED) is 0.569. The molecule has 0 N–H and O–H groups in total. The molecule has 0 aromatic heterocycles. The second-order valence-electron chi connectivity index (χ2n) is 3.02. The van der Waals surface area contributed by atoms with Crippen molar-refractivity contribution in [3.63, 3.8) is 0 Å². The molecule has 2 atom stereocenters. The standard InChI is InChI=1S/C8H17NO2/c1-6(8(10)11-5)7(2)9(3)4/h6-7H,1-5H3. The summed E-state index contributed by atoms with van der Waals surface area (Å²) in [5, 5.41) is 0. The van der Waals surface area contributed by atoms with Crippen molar-refractivity contribution in [2.75, 3.05) is 21.2 Å². The van der Waals surface area contributed by atoms with E-state index in [1.165, 1.54) is 7.11 Å². The summed E-state index contributed by atoms with van der Waals surface area (Å²) in [7, 11) is 5.31. The van der Waals surface area contributed by atoms with Gasteiger partial charge in [0.15, 0.2) is 0 Å². The minimum atomic E-state index is -0.147. The number of rotatable bonds is 3. The monoisotopic (exact) mass is 159 g/mol. The Bertz CT molecular complexity index is 134. The van der Waals surface area contributed by atoms with Crippen LogP contribution in [-0.2, 0) is 9.53 Å². The van der Waals surface area contributed by atoms with Crippen molar-refractivity contribution in [3.05, 3.63) is 0 Å². The average molecular weight is 159 g/mol. The summed E-state index contributed by atoms with van der Waals surface area (Å²) in [5.41, 5.74) is 0. The first-order chi connectivity index (χ1) is 5.00. The molecule has 0 radical (unpaired) electrons. The predicted octanol–water partition coefficient (Wildman–Crippen LogP) is 0.746. The van der Waals surface area contributed by atoms with Gasteiger partial charge in [-0.05, 0) is 21.0 Å². The molecular weight excluding hydrogens is 142 g/mol. The lowest BCUT2D eigenvalue weighted by Gasteiger charge is -2.24. The molecule has 0 saturated heterocycles. The number of ether oxygens (including phenoxy) is 1. The van der Waals surface area contributed by atoms with Crippen molar-refractivity contribution >= 4 is 5.97 Å². The van der Waals surface area contributed by atoms with E-state index in [1.807, 2.05) is 32.8 Å². The van der Waals surface area contributed by atoms with E-state index < -0.39 is 0 Å². The van der Waals surface area contributed by atoms with Crippen LogP contribution in [0.3, 0.4) is 0 Å². The second-order valence-corrected chi connectivity index (χ2v) is 3.02. The summed E-state index contributed by atoms with van der Waals surface area (Å²) in [6, 6.07) is 0.224. The number of carbonyl (C=O) groups is 1. The average Bonchev–Trinajstić information content (AvgIpc) is 2.00. The third-order valence-electron chi connectivity index (χ3n) is 2.11. The molecule has 0 amide bonds. The maximum Gasteiger partial charge on any atom is 0.309 e. The number of nitrogens with zero attached hydrogens (tertiary/aromatic N) is 1. The Kier molecular flexibility index (Phi) is 4.11. The predicted molar refractivity (Wildman–Crippen MR) is 44.3 cm³/mol. The van der Waals surface area contributed by atoms with E-state index in [0.717, 1.165) is 0 Å². The third kappa shape index (κ3) is 2.89. The molecule has 3 heteroatoms. The summed E-state index contributed by atoms with van der Waals surface area (Å²) >= 11 is 0. The van der Waals surface area contributed by atoms with Crippen molar-refractivity contribution in [2.45, 2.75) is 19.9 Å². The topological polar surface area (TPSA) is 29.5 Å². The van der Waals surface area contributed by atoms with Gasteiger partial charge in [-0.25, -0.2) is 0 Å². The van der Waals surface area contributed by atoms with Gasteiger partial charge in [0.05, 0.1) is 13.0 Å². The molecule has 0 aliphatic rings. The molecule has 0 saturated carbocycles. The molecule has 0 heterocycles.